The standard InChI is InChI=1S/C50H32N2OS/c1-3-13-33(14-4-1)34-25-28-38(29-26-34)51(45-23-12-21-41-40-19-8-10-24-47(40)54-49(41)45)39-18-11-15-35(31-39)36-27-30-46-43(32-36)48-42-20-7-9-22-44(42)52(50(48)53-46)37-16-5-2-6-17-37/h1-32H. The summed E-state index contributed by atoms with van der Waals surface area (Å²) in [5.41, 5.74) is 12.0. The average Bonchev–Trinajstić information content (AvgIpc) is 3.91. The van der Waals surface area contributed by atoms with Gasteiger partial charge in [-0.15, -0.1) is 11.3 Å². The fraction of sp³-hybridized carbons (Fsp3) is 0. The van der Waals surface area contributed by atoms with Crippen LogP contribution in [-0.2, 0) is 0 Å². The molecule has 8 aromatic carbocycles. The van der Waals surface area contributed by atoms with Gasteiger partial charge in [-0.1, -0.05) is 127 Å². The highest BCUT2D eigenvalue weighted by atomic mass is 32.1. The first-order valence-corrected chi connectivity index (χ1v) is 19.1. The molecule has 0 saturated carbocycles. The van der Waals surface area contributed by atoms with Crippen LogP contribution in [0.3, 0.4) is 0 Å². The van der Waals surface area contributed by atoms with Crippen LogP contribution in [0.5, 0.6) is 0 Å². The molecule has 0 aliphatic heterocycles. The van der Waals surface area contributed by atoms with E-state index in [0.717, 1.165) is 55.8 Å². The van der Waals surface area contributed by atoms with Crippen LogP contribution in [0.25, 0.3) is 81.1 Å². The number of thiophene rings is 1. The molecule has 0 saturated heterocycles. The molecule has 0 atom stereocenters. The molecule has 0 radical (unpaired) electrons. The molecule has 3 nitrogen and oxygen atoms in total. The van der Waals surface area contributed by atoms with Crippen LogP contribution in [0.15, 0.2) is 199 Å². The Labute approximate surface area is 316 Å². The molecule has 0 fully saturated rings. The molecule has 0 aliphatic rings. The second-order valence-electron chi connectivity index (χ2n) is 13.7. The average molecular weight is 709 g/mol. The first kappa shape index (κ1) is 30.7. The molecule has 254 valence electrons. The van der Waals surface area contributed by atoms with Crippen LogP contribution in [-0.4, -0.2) is 4.57 Å². The topological polar surface area (TPSA) is 21.3 Å². The van der Waals surface area contributed by atoms with Crippen molar-refractivity contribution in [2.45, 2.75) is 0 Å². The molecule has 0 N–H and O–H groups in total. The van der Waals surface area contributed by atoms with Crippen molar-refractivity contribution in [1.29, 1.82) is 0 Å². The zero-order chi connectivity index (χ0) is 35.6. The van der Waals surface area contributed by atoms with Crippen molar-refractivity contribution >= 4 is 81.5 Å². The summed E-state index contributed by atoms with van der Waals surface area (Å²) < 4.78 is 11.5. The minimum Gasteiger partial charge on any atom is -0.439 e. The lowest BCUT2D eigenvalue weighted by Crippen LogP contribution is -2.10. The van der Waals surface area contributed by atoms with Crippen LogP contribution in [0.1, 0.15) is 0 Å². The zero-order valence-corrected chi connectivity index (χ0v) is 30.0. The van der Waals surface area contributed by atoms with E-state index in [1.54, 1.807) is 0 Å². The predicted octanol–water partition coefficient (Wildman–Crippen LogP) is 14.7. The number of aromatic nitrogens is 1. The van der Waals surface area contributed by atoms with Gasteiger partial charge in [0.1, 0.15) is 5.58 Å². The fourth-order valence-electron chi connectivity index (χ4n) is 8.10. The molecule has 0 unspecified atom stereocenters. The Bertz CT molecular complexity index is 3150. The van der Waals surface area contributed by atoms with Gasteiger partial charge >= 0.3 is 0 Å². The Hall–Kier alpha value is -6.88. The summed E-state index contributed by atoms with van der Waals surface area (Å²) in [5, 5.41) is 6.00. The maximum atomic E-state index is 6.65. The molecule has 0 aliphatic carbocycles. The van der Waals surface area contributed by atoms with Crippen LogP contribution < -0.4 is 4.90 Å². The van der Waals surface area contributed by atoms with Crippen molar-refractivity contribution in [1.82, 2.24) is 4.57 Å². The smallest absolute Gasteiger partial charge is 0.213 e. The maximum absolute atomic E-state index is 6.65. The summed E-state index contributed by atoms with van der Waals surface area (Å²) in [4.78, 5) is 2.41. The number of fused-ring (bicyclic) bond motifs is 8. The normalized spacial score (nSPS) is 11.7. The highest BCUT2D eigenvalue weighted by molar-refractivity contribution is 7.26. The van der Waals surface area contributed by atoms with Crippen LogP contribution in [0.2, 0.25) is 0 Å². The molecule has 3 aromatic heterocycles. The molecule has 54 heavy (non-hydrogen) atoms. The fourth-order valence-corrected chi connectivity index (χ4v) is 9.30. The number of rotatable bonds is 6. The second-order valence-corrected chi connectivity index (χ2v) is 14.8. The molecule has 0 spiro atoms. The van der Waals surface area contributed by atoms with Gasteiger partial charge in [-0.25, -0.2) is 0 Å². The highest BCUT2D eigenvalue weighted by Gasteiger charge is 2.21. The SMILES string of the molecule is c1ccc(-c2ccc(N(c3cccc(-c4ccc5oc6c(c5c4)c4ccccc4n6-c4ccccc4)c3)c3cccc4c3sc3ccccc34)cc2)cc1. The summed E-state index contributed by atoms with van der Waals surface area (Å²) in [6.45, 7) is 0. The van der Waals surface area contributed by atoms with Gasteiger partial charge < -0.3 is 9.32 Å². The van der Waals surface area contributed by atoms with Gasteiger partial charge in [-0.05, 0) is 89.0 Å². The Morgan fingerprint density at radius 1 is 0.444 bits per heavy atom. The van der Waals surface area contributed by atoms with Gasteiger partial charge in [0.15, 0.2) is 0 Å². The minimum absolute atomic E-state index is 0.866. The van der Waals surface area contributed by atoms with E-state index in [1.807, 2.05) is 11.3 Å². The van der Waals surface area contributed by atoms with Gasteiger partial charge in [0.05, 0.1) is 21.3 Å². The number of nitrogens with zero attached hydrogens (tertiary/aromatic N) is 2. The van der Waals surface area contributed by atoms with Crippen LogP contribution in [0.4, 0.5) is 17.1 Å². The molecule has 11 aromatic rings. The van der Waals surface area contributed by atoms with Crippen molar-refractivity contribution in [2.75, 3.05) is 4.90 Å². The summed E-state index contributed by atoms with van der Waals surface area (Å²) in [6, 6.07) is 69.6. The van der Waals surface area contributed by atoms with E-state index in [-0.39, 0.29) is 0 Å². The molecule has 3 heterocycles. The van der Waals surface area contributed by atoms with Crippen LogP contribution >= 0.6 is 11.3 Å². The lowest BCUT2D eigenvalue weighted by Gasteiger charge is -2.27. The van der Waals surface area contributed by atoms with E-state index in [2.05, 4.69) is 204 Å². The predicted molar refractivity (Wildman–Crippen MR) is 229 cm³/mol. The molecule has 4 heteroatoms. The van der Waals surface area contributed by atoms with Gasteiger partial charge in [-0.2, -0.15) is 0 Å². The monoisotopic (exact) mass is 708 g/mol. The molecular weight excluding hydrogens is 677 g/mol. The van der Waals surface area contributed by atoms with E-state index in [4.69, 9.17) is 4.42 Å². The Kier molecular flexibility index (Phi) is 7.04. The number of benzene rings is 8. The number of para-hydroxylation sites is 2. The molecule has 0 amide bonds. The van der Waals surface area contributed by atoms with Gasteiger partial charge in [0.2, 0.25) is 5.71 Å². The Morgan fingerprint density at radius 3 is 1.94 bits per heavy atom. The number of furan rings is 1. The summed E-state index contributed by atoms with van der Waals surface area (Å²) in [5.74, 6) is 0. The molecule has 11 rings (SSSR count). The van der Waals surface area contributed by atoms with E-state index in [0.29, 0.717) is 0 Å². The summed E-state index contributed by atoms with van der Waals surface area (Å²) in [7, 11) is 0. The Morgan fingerprint density at radius 2 is 1.09 bits per heavy atom. The summed E-state index contributed by atoms with van der Waals surface area (Å²) >= 11 is 1.86. The quantitative estimate of drug-likeness (QED) is 0.171. The van der Waals surface area contributed by atoms with Crippen molar-refractivity contribution < 1.29 is 4.42 Å². The van der Waals surface area contributed by atoms with Crippen LogP contribution in [0, 0.1) is 0 Å². The van der Waals surface area contributed by atoms with E-state index in [1.165, 1.54) is 42.4 Å². The largest absolute Gasteiger partial charge is 0.439 e. The number of anilines is 3. The van der Waals surface area contributed by atoms with Gasteiger partial charge in [0, 0.05) is 43.3 Å². The van der Waals surface area contributed by atoms with Crippen molar-refractivity contribution in [3.8, 4) is 27.9 Å². The second kappa shape index (κ2) is 12.4. The minimum atomic E-state index is 0.866. The molecular formula is C50H32N2OS. The maximum Gasteiger partial charge on any atom is 0.213 e. The van der Waals surface area contributed by atoms with Crippen molar-refractivity contribution in [2.24, 2.45) is 0 Å². The summed E-state index contributed by atoms with van der Waals surface area (Å²) in [6.07, 6.45) is 0. The number of hydrogen-bond acceptors (Lipinski definition) is 3. The van der Waals surface area contributed by atoms with E-state index >= 15 is 0 Å². The van der Waals surface area contributed by atoms with E-state index in [9.17, 15) is 0 Å². The third kappa shape index (κ3) is 4.88. The third-order valence-corrected chi connectivity index (χ3v) is 11.8. The highest BCUT2D eigenvalue weighted by Crippen LogP contribution is 2.46. The molecule has 0 bridgehead atoms. The van der Waals surface area contributed by atoms with Gasteiger partial charge in [-0.3, -0.25) is 4.57 Å². The van der Waals surface area contributed by atoms with Gasteiger partial charge in [0.25, 0.3) is 0 Å². The van der Waals surface area contributed by atoms with E-state index < -0.39 is 0 Å². The van der Waals surface area contributed by atoms with Crippen molar-refractivity contribution in [3.05, 3.63) is 194 Å². The lowest BCUT2D eigenvalue weighted by atomic mass is 10.0. The first-order valence-electron chi connectivity index (χ1n) is 18.3. The number of hydrogen-bond donors (Lipinski definition) is 0. The first-order chi connectivity index (χ1) is 26.8. The zero-order valence-electron chi connectivity index (χ0n) is 29.2. The Balaban J connectivity index is 1.08. The lowest BCUT2D eigenvalue weighted by molar-refractivity contribution is 0.645. The van der Waals surface area contributed by atoms with Crippen molar-refractivity contribution in [3.63, 3.8) is 0 Å². The third-order valence-electron chi connectivity index (χ3n) is 10.6.